The molecule has 16 heavy (non-hydrogen) atoms. The predicted octanol–water partition coefficient (Wildman–Crippen LogP) is 4.34. The maximum Gasteiger partial charge on any atom is 0.0807 e. The Kier molecular flexibility index (Phi) is 4.25. The third kappa shape index (κ3) is 2.99. The van der Waals surface area contributed by atoms with E-state index in [9.17, 15) is 5.11 Å². The summed E-state index contributed by atoms with van der Waals surface area (Å²) in [5.74, 6) is 0.681. The molecule has 1 fully saturated rings. The summed E-state index contributed by atoms with van der Waals surface area (Å²) >= 11 is 6.08. The zero-order valence-corrected chi connectivity index (χ0v) is 10.3. The van der Waals surface area contributed by atoms with Crippen molar-refractivity contribution in [2.24, 2.45) is 5.92 Å². The molecule has 1 saturated carbocycles. The molecule has 0 saturated heterocycles. The van der Waals surface area contributed by atoms with Crippen LogP contribution in [0.15, 0.2) is 24.3 Å². The fourth-order valence-corrected chi connectivity index (χ4v) is 2.87. The standard InChI is InChI=1S/C14H19ClO/c15-13-9-5-4-8-12(13)14(16)10-11-6-2-1-3-7-11/h4-5,8-9,11,14,16H,1-3,6-7,10H2. The van der Waals surface area contributed by atoms with Crippen LogP contribution in [0.1, 0.15) is 50.2 Å². The second kappa shape index (κ2) is 5.70. The maximum atomic E-state index is 10.2. The van der Waals surface area contributed by atoms with Crippen LogP contribution in [0, 0.1) is 5.92 Å². The first-order chi connectivity index (χ1) is 7.77. The Balaban J connectivity index is 1.96. The van der Waals surface area contributed by atoms with Gasteiger partial charge in [0.2, 0.25) is 0 Å². The molecule has 2 rings (SSSR count). The Morgan fingerprint density at radius 3 is 2.56 bits per heavy atom. The molecule has 88 valence electrons. The summed E-state index contributed by atoms with van der Waals surface area (Å²) in [6.45, 7) is 0. The molecule has 0 radical (unpaired) electrons. The van der Waals surface area contributed by atoms with Crippen LogP contribution in [0.5, 0.6) is 0 Å². The molecule has 2 heteroatoms. The van der Waals surface area contributed by atoms with Gasteiger partial charge >= 0.3 is 0 Å². The predicted molar refractivity (Wildman–Crippen MR) is 67.6 cm³/mol. The molecular weight excluding hydrogens is 220 g/mol. The number of aliphatic hydroxyl groups is 1. The van der Waals surface area contributed by atoms with E-state index < -0.39 is 6.10 Å². The Morgan fingerprint density at radius 2 is 1.88 bits per heavy atom. The van der Waals surface area contributed by atoms with Gasteiger partial charge in [0.15, 0.2) is 0 Å². The lowest BCUT2D eigenvalue weighted by molar-refractivity contribution is 0.131. The van der Waals surface area contributed by atoms with Gasteiger partial charge in [-0.1, -0.05) is 61.9 Å². The summed E-state index contributed by atoms with van der Waals surface area (Å²) in [6, 6.07) is 7.61. The Bertz CT molecular complexity index is 331. The van der Waals surface area contributed by atoms with Gasteiger partial charge in [0, 0.05) is 5.02 Å². The van der Waals surface area contributed by atoms with Gasteiger partial charge in [-0.2, -0.15) is 0 Å². The van der Waals surface area contributed by atoms with Crippen molar-refractivity contribution in [2.75, 3.05) is 0 Å². The van der Waals surface area contributed by atoms with Crippen LogP contribution in [0.3, 0.4) is 0 Å². The van der Waals surface area contributed by atoms with E-state index in [0.29, 0.717) is 10.9 Å². The van der Waals surface area contributed by atoms with E-state index in [4.69, 9.17) is 11.6 Å². The van der Waals surface area contributed by atoms with E-state index in [0.717, 1.165) is 12.0 Å². The number of rotatable bonds is 3. The van der Waals surface area contributed by atoms with Crippen LogP contribution in [0.4, 0.5) is 0 Å². The van der Waals surface area contributed by atoms with Gasteiger partial charge in [-0.25, -0.2) is 0 Å². The van der Waals surface area contributed by atoms with Gasteiger partial charge < -0.3 is 5.11 Å². The van der Waals surface area contributed by atoms with Crippen LogP contribution in [-0.4, -0.2) is 5.11 Å². The van der Waals surface area contributed by atoms with E-state index in [1.54, 1.807) is 0 Å². The van der Waals surface area contributed by atoms with Crippen LogP contribution >= 0.6 is 11.6 Å². The molecule has 1 aromatic carbocycles. The Hall–Kier alpha value is -0.530. The van der Waals surface area contributed by atoms with Gasteiger partial charge in [0.1, 0.15) is 0 Å². The summed E-state index contributed by atoms with van der Waals surface area (Å²) in [6.07, 6.45) is 7.00. The van der Waals surface area contributed by atoms with Crippen LogP contribution < -0.4 is 0 Å². The molecule has 1 N–H and O–H groups in total. The second-order valence-electron chi connectivity index (χ2n) is 4.78. The fraction of sp³-hybridized carbons (Fsp3) is 0.571. The maximum absolute atomic E-state index is 10.2. The normalized spacial score (nSPS) is 19.6. The fourth-order valence-electron chi connectivity index (χ4n) is 2.61. The summed E-state index contributed by atoms with van der Waals surface area (Å²) in [5, 5.41) is 10.9. The molecule has 0 spiro atoms. The second-order valence-corrected chi connectivity index (χ2v) is 5.18. The first-order valence-electron chi connectivity index (χ1n) is 6.20. The highest BCUT2D eigenvalue weighted by Gasteiger charge is 2.19. The highest BCUT2D eigenvalue weighted by Crippen LogP contribution is 2.33. The minimum absolute atomic E-state index is 0.392. The third-order valence-electron chi connectivity index (χ3n) is 3.55. The Morgan fingerprint density at radius 1 is 1.19 bits per heavy atom. The molecule has 1 nitrogen and oxygen atoms in total. The first-order valence-corrected chi connectivity index (χ1v) is 6.57. The van der Waals surface area contributed by atoms with E-state index in [2.05, 4.69) is 0 Å². The molecule has 1 atom stereocenters. The lowest BCUT2D eigenvalue weighted by Gasteiger charge is -2.24. The quantitative estimate of drug-likeness (QED) is 0.831. The summed E-state index contributed by atoms with van der Waals surface area (Å²) in [4.78, 5) is 0. The average molecular weight is 239 g/mol. The third-order valence-corrected chi connectivity index (χ3v) is 3.89. The number of aliphatic hydroxyl groups excluding tert-OH is 1. The number of halogens is 1. The molecule has 1 unspecified atom stereocenters. The Labute approximate surface area is 102 Å². The van der Waals surface area contributed by atoms with E-state index in [-0.39, 0.29) is 0 Å². The van der Waals surface area contributed by atoms with Crippen molar-refractivity contribution < 1.29 is 5.11 Å². The number of benzene rings is 1. The topological polar surface area (TPSA) is 20.2 Å². The van der Waals surface area contributed by atoms with Gasteiger partial charge in [-0.05, 0) is 24.0 Å². The zero-order valence-electron chi connectivity index (χ0n) is 9.53. The van der Waals surface area contributed by atoms with E-state index in [1.807, 2.05) is 24.3 Å². The van der Waals surface area contributed by atoms with Crippen molar-refractivity contribution in [3.8, 4) is 0 Å². The van der Waals surface area contributed by atoms with Crippen molar-refractivity contribution in [1.29, 1.82) is 0 Å². The van der Waals surface area contributed by atoms with Crippen molar-refractivity contribution >= 4 is 11.6 Å². The molecule has 1 aliphatic rings. The lowest BCUT2D eigenvalue weighted by Crippen LogP contribution is -2.11. The van der Waals surface area contributed by atoms with Crippen LogP contribution in [0.25, 0.3) is 0 Å². The molecule has 0 heterocycles. The minimum atomic E-state index is -0.392. The molecule has 1 aromatic rings. The molecular formula is C14H19ClO. The van der Waals surface area contributed by atoms with Gasteiger partial charge in [-0.15, -0.1) is 0 Å². The smallest absolute Gasteiger partial charge is 0.0807 e. The highest BCUT2D eigenvalue weighted by atomic mass is 35.5. The summed E-state index contributed by atoms with van der Waals surface area (Å²) < 4.78 is 0. The van der Waals surface area contributed by atoms with Gasteiger partial charge in [0.25, 0.3) is 0 Å². The molecule has 1 aliphatic carbocycles. The SMILES string of the molecule is OC(CC1CCCCC1)c1ccccc1Cl. The largest absolute Gasteiger partial charge is 0.388 e. The molecule has 0 aromatic heterocycles. The van der Waals surface area contributed by atoms with Crippen molar-refractivity contribution in [3.05, 3.63) is 34.9 Å². The number of hydrogen-bond donors (Lipinski definition) is 1. The first kappa shape index (κ1) is 11.9. The van der Waals surface area contributed by atoms with E-state index >= 15 is 0 Å². The van der Waals surface area contributed by atoms with Crippen molar-refractivity contribution in [3.63, 3.8) is 0 Å². The zero-order chi connectivity index (χ0) is 11.4. The van der Waals surface area contributed by atoms with Gasteiger partial charge in [-0.3, -0.25) is 0 Å². The van der Waals surface area contributed by atoms with Crippen LogP contribution in [-0.2, 0) is 0 Å². The van der Waals surface area contributed by atoms with Gasteiger partial charge in [0.05, 0.1) is 6.10 Å². The molecule has 0 amide bonds. The average Bonchev–Trinajstić information content (AvgIpc) is 2.31. The van der Waals surface area contributed by atoms with Crippen molar-refractivity contribution in [1.82, 2.24) is 0 Å². The van der Waals surface area contributed by atoms with E-state index in [1.165, 1.54) is 32.1 Å². The molecule has 0 bridgehead atoms. The molecule has 0 aliphatic heterocycles. The van der Waals surface area contributed by atoms with Crippen molar-refractivity contribution in [2.45, 2.75) is 44.6 Å². The minimum Gasteiger partial charge on any atom is -0.388 e. The summed E-state index contributed by atoms with van der Waals surface area (Å²) in [7, 11) is 0. The summed E-state index contributed by atoms with van der Waals surface area (Å²) in [5.41, 5.74) is 0.884. The monoisotopic (exact) mass is 238 g/mol. The highest BCUT2D eigenvalue weighted by molar-refractivity contribution is 6.31. The number of hydrogen-bond acceptors (Lipinski definition) is 1. The lowest BCUT2D eigenvalue weighted by atomic mass is 9.84. The van der Waals surface area contributed by atoms with Crippen LogP contribution in [0.2, 0.25) is 5.02 Å².